The van der Waals surface area contributed by atoms with E-state index in [1.807, 2.05) is 0 Å². The second-order valence-electron chi connectivity index (χ2n) is 3.18. The van der Waals surface area contributed by atoms with E-state index < -0.39 is 7.25 Å². The van der Waals surface area contributed by atoms with Gasteiger partial charge in [0.1, 0.15) is 0 Å². The van der Waals surface area contributed by atoms with Gasteiger partial charge in [-0.3, -0.25) is 0 Å². The molecule has 0 aromatic heterocycles. The molecule has 0 aliphatic rings. The maximum atomic E-state index is 9.75. The monoisotopic (exact) mass is 368 g/mol. The van der Waals surface area contributed by atoms with Crippen molar-refractivity contribution < 1.29 is 38.5 Å². The predicted molar refractivity (Wildman–Crippen MR) is 60.5 cm³/mol. The van der Waals surface area contributed by atoms with Gasteiger partial charge >= 0.3 is 96.3 Å². The second-order valence-corrected chi connectivity index (χ2v) is 6.21. The predicted octanol–water partition coefficient (Wildman–Crippen LogP) is 1.11. The first kappa shape index (κ1) is 15.0. The SMILES string of the molecule is F[B-](F)(F)F.c1ccc([I-]c2ccccc2)cc1. The van der Waals surface area contributed by atoms with E-state index in [0.717, 1.165) is 0 Å². The summed E-state index contributed by atoms with van der Waals surface area (Å²) in [5, 5.41) is 0. The summed E-state index contributed by atoms with van der Waals surface area (Å²) in [7, 11) is -6.00. The van der Waals surface area contributed by atoms with Gasteiger partial charge in [-0.1, -0.05) is 0 Å². The number of hydrogen-bond donors (Lipinski definition) is 0. The maximum absolute atomic E-state index is 9.75. The second kappa shape index (κ2) is 7.40. The van der Waals surface area contributed by atoms with E-state index in [4.69, 9.17) is 0 Å². The van der Waals surface area contributed by atoms with Gasteiger partial charge in [0.15, 0.2) is 0 Å². The molecule has 0 fully saturated rings. The fourth-order valence-electron chi connectivity index (χ4n) is 1.08. The molecular weight excluding hydrogens is 358 g/mol. The van der Waals surface area contributed by atoms with Gasteiger partial charge in [0, 0.05) is 0 Å². The Kier molecular flexibility index (Phi) is 6.17. The Bertz CT molecular complexity index is 401. The van der Waals surface area contributed by atoms with Crippen LogP contribution in [0.15, 0.2) is 60.7 Å². The van der Waals surface area contributed by atoms with Crippen molar-refractivity contribution in [3.63, 3.8) is 0 Å². The summed E-state index contributed by atoms with van der Waals surface area (Å²) in [6.07, 6.45) is 0. The summed E-state index contributed by atoms with van der Waals surface area (Å²) in [6, 6.07) is 21.4. The van der Waals surface area contributed by atoms with Gasteiger partial charge in [-0.2, -0.15) is 0 Å². The third-order valence-electron chi connectivity index (χ3n) is 1.68. The van der Waals surface area contributed by atoms with Crippen LogP contribution in [0.1, 0.15) is 0 Å². The summed E-state index contributed by atoms with van der Waals surface area (Å²) in [5.74, 6) is 0. The molecule has 0 nitrogen and oxygen atoms in total. The molecule has 0 heterocycles. The van der Waals surface area contributed by atoms with Gasteiger partial charge in [-0.05, 0) is 0 Å². The molecule has 2 rings (SSSR count). The van der Waals surface area contributed by atoms with Gasteiger partial charge in [0.25, 0.3) is 0 Å². The van der Waals surface area contributed by atoms with Gasteiger partial charge in [0.2, 0.25) is 0 Å². The van der Waals surface area contributed by atoms with Crippen molar-refractivity contribution in [3.8, 4) is 0 Å². The van der Waals surface area contributed by atoms with E-state index in [0.29, 0.717) is 0 Å². The Morgan fingerprint density at radius 2 is 0.889 bits per heavy atom. The van der Waals surface area contributed by atoms with Crippen molar-refractivity contribution in [1.29, 1.82) is 0 Å². The van der Waals surface area contributed by atoms with Crippen molar-refractivity contribution in [3.05, 3.63) is 67.8 Å². The summed E-state index contributed by atoms with van der Waals surface area (Å²) in [4.78, 5) is 0. The Morgan fingerprint density at radius 3 is 1.17 bits per heavy atom. The molecule has 0 N–H and O–H groups in total. The van der Waals surface area contributed by atoms with Crippen LogP contribution in [-0.2, 0) is 0 Å². The topological polar surface area (TPSA) is 0 Å². The van der Waals surface area contributed by atoms with Gasteiger partial charge in [-0.25, -0.2) is 0 Å². The number of hydrogen-bond acceptors (Lipinski definition) is 0. The van der Waals surface area contributed by atoms with E-state index in [1.165, 1.54) is 7.14 Å². The molecule has 6 heteroatoms. The van der Waals surface area contributed by atoms with Gasteiger partial charge in [0.05, 0.1) is 0 Å². The zero-order chi connectivity index (χ0) is 13.4. The van der Waals surface area contributed by atoms with Crippen molar-refractivity contribution in [2.24, 2.45) is 0 Å². The van der Waals surface area contributed by atoms with E-state index in [9.17, 15) is 17.3 Å². The van der Waals surface area contributed by atoms with Crippen LogP contribution >= 0.6 is 0 Å². The number of benzene rings is 2. The van der Waals surface area contributed by atoms with Crippen molar-refractivity contribution in [1.82, 2.24) is 0 Å². The Morgan fingerprint density at radius 1 is 0.611 bits per heavy atom. The Hall–Kier alpha value is -1.05. The molecule has 0 saturated carbocycles. The minimum atomic E-state index is -6.00. The van der Waals surface area contributed by atoms with Gasteiger partial charge in [-0.15, -0.1) is 0 Å². The van der Waals surface area contributed by atoms with Crippen LogP contribution in [0.4, 0.5) is 17.3 Å². The van der Waals surface area contributed by atoms with Gasteiger partial charge < -0.3 is 17.3 Å². The fraction of sp³-hybridized carbons (Fsp3) is 0. The van der Waals surface area contributed by atoms with Crippen molar-refractivity contribution >= 4 is 7.25 Å². The molecule has 0 aliphatic heterocycles. The summed E-state index contributed by atoms with van der Waals surface area (Å²) < 4.78 is 42.0. The van der Waals surface area contributed by atoms with Crippen LogP contribution in [0, 0.1) is 7.14 Å². The Labute approximate surface area is 113 Å². The van der Waals surface area contributed by atoms with Crippen molar-refractivity contribution in [2.75, 3.05) is 0 Å². The van der Waals surface area contributed by atoms with Crippen LogP contribution in [-0.4, -0.2) is 7.25 Å². The Balaban J connectivity index is 0.000000280. The van der Waals surface area contributed by atoms with Crippen molar-refractivity contribution in [2.45, 2.75) is 0 Å². The number of rotatable bonds is 2. The van der Waals surface area contributed by atoms with E-state index in [-0.39, 0.29) is 21.2 Å². The van der Waals surface area contributed by atoms with Crippen LogP contribution < -0.4 is 21.2 Å². The standard InChI is InChI=1S/C12H10I.BF4/c1-3-7-11(8-4-1)13-12-9-5-2-6-10-12;2-1(3,4)5/h1-10H;/q2*-1. The molecule has 2 aromatic carbocycles. The summed E-state index contributed by atoms with van der Waals surface area (Å²) in [5.41, 5.74) is 0. The molecule has 0 spiro atoms. The normalized spacial score (nSPS) is 10.7. The first-order valence-electron chi connectivity index (χ1n) is 5.07. The zero-order valence-electron chi connectivity index (χ0n) is 9.24. The van der Waals surface area contributed by atoms with Crippen LogP contribution in [0.5, 0.6) is 0 Å². The molecule has 0 radical (unpaired) electrons. The third-order valence-corrected chi connectivity index (χ3v) is 4.37. The molecule has 18 heavy (non-hydrogen) atoms. The molecule has 98 valence electrons. The summed E-state index contributed by atoms with van der Waals surface area (Å²) >= 11 is 0.0287. The summed E-state index contributed by atoms with van der Waals surface area (Å²) in [6.45, 7) is 0. The molecule has 0 amide bonds. The third kappa shape index (κ3) is 8.11. The molecule has 0 bridgehead atoms. The van der Waals surface area contributed by atoms with E-state index in [1.54, 1.807) is 0 Å². The van der Waals surface area contributed by atoms with Crippen LogP contribution in [0.25, 0.3) is 0 Å². The van der Waals surface area contributed by atoms with Crippen LogP contribution in [0.2, 0.25) is 0 Å². The molecule has 0 unspecified atom stereocenters. The molecule has 2 aromatic rings. The minimum absolute atomic E-state index is 0.0287. The first-order chi connectivity index (χ1) is 8.45. The molecule has 0 aliphatic carbocycles. The number of halogens is 5. The molecular formula is C12H10BF4I-2. The van der Waals surface area contributed by atoms with E-state index >= 15 is 0 Å². The average Bonchev–Trinajstić information content (AvgIpc) is 2.29. The first-order valence-corrected chi connectivity index (χ1v) is 7.23. The fourth-order valence-corrected chi connectivity index (χ4v) is 3.35. The average molecular weight is 368 g/mol. The molecule has 0 atom stereocenters. The van der Waals surface area contributed by atoms with Crippen LogP contribution in [0.3, 0.4) is 0 Å². The van der Waals surface area contributed by atoms with E-state index in [2.05, 4.69) is 60.7 Å². The molecule has 0 saturated heterocycles. The quantitative estimate of drug-likeness (QED) is 0.424. The zero-order valence-corrected chi connectivity index (χ0v) is 11.4.